The minimum atomic E-state index is -0.780. The highest BCUT2D eigenvalue weighted by Gasteiger charge is 2.41. The molecule has 2 heterocycles. The van der Waals surface area contributed by atoms with Gasteiger partial charge >= 0.3 is 5.97 Å². The summed E-state index contributed by atoms with van der Waals surface area (Å²) in [6.45, 7) is 2.08. The molecule has 0 spiro atoms. The molecule has 1 aromatic heterocycles. The Labute approximate surface area is 113 Å². The van der Waals surface area contributed by atoms with Crippen LogP contribution in [-0.2, 0) is 23.1 Å². The molecule has 1 N–H and O–H groups in total. The third-order valence-corrected chi connectivity index (χ3v) is 3.68. The van der Waals surface area contributed by atoms with Gasteiger partial charge in [0.25, 0.3) is 0 Å². The Morgan fingerprint density at radius 3 is 3.00 bits per heavy atom. The summed E-state index contributed by atoms with van der Waals surface area (Å²) in [5, 5.41) is 9.49. The molecule has 106 valence electrons. The number of aromatic nitrogens is 2. The van der Waals surface area contributed by atoms with Crippen LogP contribution < -0.4 is 0 Å². The Morgan fingerprint density at radius 1 is 1.68 bits per heavy atom. The SMILES string of the molecule is CN(Cc1nccn1C)CC1(C(=O)O)CCCOC1. The lowest BCUT2D eigenvalue weighted by Crippen LogP contribution is -2.47. The Hall–Kier alpha value is -1.40. The monoisotopic (exact) mass is 267 g/mol. The van der Waals surface area contributed by atoms with Crippen LogP contribution in [0.5, 0.6) is 0 Å². The summed E-state index contributed by atoms with van der Waals surface area (Å²) in [5.74, 6) is 0.165. The summed E-state index contributed by atoms with van der Waals surface area (Å²) in [7, 11) is 3.86. The minimum Gasteiger partial charge on any atom is -0.481 e. The van der Waals surface area contributed by atoms with Gasteiger partial charge in [-0.2, -0.15) is 0 Å². The number of nitrogens with zero attached hydrogens (tertiary/aromatic N) is 3. The van der Waals surface area contributed by atoms with E-state index >= 15 is 0 Å². The second kappa shape index (κ2) is 5.71. The largest absolute Gasteiger partial charge is 0.481 e. The number of aliphatic carboxylic acids is 1. The molecule has 0 amide bonds. The van der Waals surface area contributed by atoms with Crippen LogP contribution in [0.2, 0.25) is 0 Å². The van der Waals surface area contributed by atoms with E-state index in [1.165, 1.54) is 0 Å². The van der Waals surface area contributed by atoms with Crippen molar-refractivity contribution < 1.29 is 14.6 Å². The van der Waals surface area contributed by atoms with Crippen LogP contribution in [-0.4, -0.2) is 52.3 Å². The fourth-order valence-electron chi connectivity index (χ4n) is 2.58. The fourth-order valence-corrected chi connectivity index (χ4v) is 2.58. The molecule has 1 aliphatic rings. The van der Waals surface area contributed by atoms with Crippen LogP contribution in [0, 0.1) is 5.41 Å². The maximum Gasteiger partial charge on any atom is 0.313 e. The molecule has 1 atom stereocenters. The third kappa shape index (κ3) is 3.13. The quantitative estimate of drug-likeness (QED) is 0.852. The van der Waals surface area contributed by atoms with Gasteiger partial charge in [0.1, 0.15) is 11.2 Å². The van der Waals surface area contributed by atoms with Gasteiger partial charge in [0.05, 0.1) is 13.2 Å². The molecule has 19 heavy (non-hydrogen) atoms. The van der Waals surface area contributed by atoms with E-state index in [-0.39, 0.29) is 0 Å². The lowest BCUT2D eigenvalue weighted by Gasteiger charge is -2.36. The van der Waals surface area contributed by atoms with E-state index < -0.39 is 11.4 Å². The molecular formula is C13H21N3O3. The van der Waals surface area contributed by atoms with Crippen molar-refractivity contribution in [3.63, 3.8) is 0 Å². The fraction of sp³-hybridized carbons (Fsp3) is 0.692. The van der Waals surface area contributed by atoms with Gasteiger partial charge in [-0.1, -0.05) is 0 Å². The molecule has 6 nitrogen and oxygen atoms in total. The highest BCUT2D eigenvalue weighted by molar-refractivity contribution is 5.75. The zero-order valence-electron chi connectivity index (χ0n) is 11.5. The van der Waals surface area contributed by atoms with E-state index in [9.17, 15) is 9.90 Å². The van der Waals surface area contributed by atoms with E-state index in [1.54, 1.807) is 6.20 Å². The van der Waals surface area contributed by atoms with Gasteiger partial charge < -0.3 is 14.4 Å². The number of carboxylic acids is 1. The summed E-state index contributed by atoms with van der Waals surface area (Å²) in [4.78, 5) is 17.8. The highest BCUT2D eigenvalue weighted by Crippen LogP contribution is 2.30. The second-order valence-corrected chi connectivity index (χ2v) is 5.37. The van der Waals surface area contributed by atoms with Crippen molar-refractivity contribution in [2.24, 2.45) is 12.5 Å². The van der Waals surface area contributed by atoms with E-state index in [0.29, 0.717) is 32.7 Å². The summed E-state index contributed by atoms with van der Waals surface area (Å²) in [6.07, 6.45) is 5.12. The van der Waals surface area contributed by atoms with Gasteiger partial charge in [-0.05, 0) is 19.9 Å². The zero-order valence-corrected chi connectivity index (χ0v) is 11.5. The maximum absolute atomic E-state index is 11.6. The molecule has 0 aliphatic carbocycles. The third-order valence-electron chi connectivity index (χ3n) is 3.68. The van der Waals surface area contributed by atoms with E-state index in [2.05, 4.69) is 4.98 Å². The van der Waals surface area contributed by atoms with Gasteiger partial charge in [-0.3, -0.25) is 9.69 Å². The van der Waals surface area contributed by atoms with Crippen molar-refractivity contribution in [2.45, 2.75) is 19.4 Å². The first-order valence-corrected chi connectivity index (χ1v) is 6.49. The topological polar surface area (TPSA) is 67.6 Å². The van der Waals surface area contributed by atoms with Crippen molar-refractivity contribution in [2.75, 3.05) is 26.8 Å². The predicted molar refractivity (Wildman–Crippen MR) is 69.7 cm³/mol. The van der Waals surface area contributed by atoms with Gasteiger partial charge in [0, 0.05) is 32.6 Å². The van der Waals surface area contributed by atoms with Crippen molar-refractivity contribution >= 4 is 5.97 Å². The van der Waals surface area contributed by atoms with Crippen molar-refractivity contribution in [3.05, 3.63) is 18.2 Å². The molecule has 2 rings (SSSR count). The molecule has 1 saturated heterocycles. The Kier molecular flexibility index (Phi) is 4.21. The summed E-state index contributed by atoms with van der Waals surface area (Å²) < 4.78 is 7.32. The normalized spacial score (nSPS) is 23.7. The number of aryl methyl sites for hydroxylation is 1. The average Bonchev–Trinajstić information content (AvgIpc) is 2.76. The highest BCUT2D eigenvalue weighted by atomic mass is 16.5. The number of ether oxygens (including phenoxy) is 1. The van der Waals surface area contributed by atoms with Crippen LogP contribution in [0.25, 0.3) is 0 Å². The van der Waals surface area contributed by atoms with E-state index in [4.69, 9.17) is 4.74 Å². The first kappa shape index (κ1) is 14.0. The molecular weight excluding hydrogens is 246 g/mol. The summed E-state index contributed by atoms with van der Waals surface area (Å²) in [6, 6.07) is 0. The summed E-state index contributed by atoms with van der Waals surface area (Å²) in [5.41, 5.74) is -0.780. The van der Waals surface area contributed by atoms with E-state index in [1.807, 2.05) is 29.8 Å². The number of carboxylic acid groups (broad SMARTS) is 1. The molecule has 0 bridgehead atoms. The zero-order chi connectivity index (χ0) is 13.9. The molecule has 6 heteroatoms. The summed E-state index contributed by atoms with van der Waals surface area (Å²) >= 11 is 0. The smallest absolute Gasteiger partial charge is 0.313 e. The molecule has 0 radical (unpaired) electrons. The number of hydrogen-bond donors (Lipinski definition) is 1. The van der Waals surface area contributed by atoms with Gasteiger partial charge in [-0.25, -0.2) is 4.98 Å². The number of carbonyl (C=O) groups is 1. The standard InChI is InChI=1S/C13H21N3O3/c1-15(8-11-14-5-6-16(11)2)9-13(12(17)18)4-3-7-19-10-13/h5-6H,3-4,7-10H2,1-2H3,(H,17,18). The second-order valence-electron chi connectivity index (χ2n) is 5.37. The lowest BCUT2D eigenvalue weighted by molar-refractivity contribution is -0.159. The first-order valence-electron chi connectivity index (χ1n) is 6.49. The van der Waals surface area contributed by atoms with Crippen molar-refractivity contribution in [1.82, 2.24) is 14.5 Å². The number of rotatable bonds is 5. The number of imidazole rings is 1. The van der Waals surface area contributed by atoms with Crippen LogP contribution >= 0.6 is 0 Å². The lowest BCUT2D eigenvalue weighted by atomic mass is 9.82. The minimum absolute atomic E-state index is 0.299. The van der Waals surface area contributed by atoms with Gasteiger partial charge in [0.2, 0.25) is 0 Å². The molecule has 1 aliphatic heterocycles. The molecule has 1 unspecified atom stereocenters. The average molecular weight is 267 g/mol. The molecule has 1 fully saturated rings. The van der Waals surface area contributed by atoms with E-state index in [0.717, 1.165) is 12.2 Å². The van der Waals surface area contributed by atoms with Crippen molar-refractivity contribution in [1.29, 1.82) is 0 Å². The Balaban J connectivity index is 2.01. The van der Waals surface area contributed by atoms with Crippen LogP contribution in [0.1, 0.15) is 18.7 Å². The first-order chi connectivity index (χ1) is 9.03. The van der Waals surface area contributed by atoms with Crippen LogP contribution in [0.3, 0.4) is 0 Å². The van der Waals surface area contributed by atoms with Crippen LogP contribution in [0.4, 0.5) is 0 Å². The number of hydrogen-bond acceptors (Lipinski definition) is 4. The maximum atomic E-state index is 11.6. The molecule has 1 aromatic rings. The van der Waals surface area contributed by atoms with Gasteiger partial charge in [-0.15, -0.1) is 0 Å². The van der Waals surface area contributed by atoms with Gasteiger partial charge in [0.15, 0.2) is 0 Å². The predicted octanol–water partition coefficient (Wildman–Crippen LogP) is 0.733. The Bertz CT molecular complexity index is 438. The molecule has 0 aromatic carbocycles. The van der Waals surface area contributed by atoms with Crippen LogP contribution in [0.15, 0.2) is 12.4 Å². The molecule has 0 saturated carbocycles. The van der Waals surface area contributed by atoms with Crippen molar-refractivity contribution in [3.8, 4) is 0 Å². The Morgan fingerprint density at radius 2 is 2.47 bits per heavy atom.